The molecule has 5 nitrogen and oxygen atoms in total. The first-order valence-electron chi connectivity index (χ1n) is 11.6. The third kappa shape index (κ3) is 6.26. The maximum atomic E-state index is 12.8. The van der Waals surface area contributed by atoms with Crippen LogP contribution in [0.2, 0.25) is 0 Å². The van der Waals surface area contributed by atoms with Crippen LogP contribution in [0, 0.1) is 0 Å². The Kier molecular flexibility index (Phi) is 7.64. The molecule has 188 valence electrons. The highest BCUT2D eigenvalue weighted by atomic mass is 19.4. The van der Waals surface area contributed by atoms with Gasteiger partial charge >= 0.3 is 6.18 Å². The van der Waals surface area contributed by atoms with Crippen molar-refractivity contribution >= 4 is 29.4 Å². The molecule has 1 N–H and O–H groups in total. The van der Waals surface area contributed by atoms with Crippen molar-refractivity contribution in [3.05, 3.63) is 89.0 Å². The van der Waals surface area contributed by atoms with E-state index in [2.05, 4.69) is 22.2 Å². The normalized spacial score (nSPS) is 14.8. The van der Waals surface area contributed by atoms with Crippen molar-refractivity contribution in [2.75, 3.05) is 50.6 Å². The topological polar surface area (TPSA) is 44.8 Å². The largest absolute Gasteiger partial charge is 0.495 e. The molecule has 1 fully saturated rings. The first-order valence-corrected chi connectivity index (χ1v) is 11.6. The second-order valence-electron chi connectivity index (χ2n) is 8.71. The summed E-state index contributed by atoms with van der Waals surface area (Å²) in [5, 5.41) is 2.95. The molecule has 3 aromatic carbocycles. The fraction of sp³-hybridized carbons (Fsp3) is 0.250. The van der Waals surface area contributed by atoms with E-state index in [9.17, 15) is 18.0 Å². The Hall–Kier alpha value is -3.78. The molecule has 1 heterocycles. The maximum Gasteiger partial charge on any atom is 0.416 e. The number of anilines is 2. The van der Waals surface area contributed by atoms with Gasteiger partial charge in [-0.25, -0.2) is 0 Å². The van der Waals surface area contributed by atoms with Crippen LogP contribution < -0.4 is 15.0 Å². The first-order chi connectivity index (χ1) is 17.2. The van der Waals surface area contributed by atoms with Crippen LogP contribution in [0.15, 0.2) is 66.7 Å². The van der Waals surface area contributed by atoms with Crippen LogP contribution in [-0.2, 0) is 6.18 Å². The molecule has 36 heavy (non-hydrogen) atoms. The Labute approximate surface area is 208 Å². The quantitative estimate of drug-likeness (QED) is 0.434. The van der Waals surface area contributed by atoms with Gasteiger partial charge in [0.05, 0.1) is 18.4 Å². The van der Waals surface area contributed by atoms with Crippen LogP contribution in [0.4, 0.5) is 24.5 Å². The minimum atomic E-state index is -4.35. The third-order valence-corrected chi connectivity index (χ3v) is 6.16. The molecule has 0 unspecified atom stereocenters. The SMILES string of the molecule is COc1ccc(NC(=O)c2ccc(C=Cc3ccc(C(F)(F)F)cc3)cc2)cc1N1CCN(C)CC1. The van der Waals surface area contributed by atoms with Gasteiger partial charge in [-0.2, -0.15) is 13.2 Å². The number of halogens is 3. The highest BCUT2D eigenvalue weighted by molar-refractivity contribution is 6.04. The number of amides is 1. The summed E-state index contributed by atoms with van der Waals surface area (Å²) in [6, 6.07) is 17.6. The highest BCUT2D eigenvalue weighted by Crippen LogP contribution is 2.32. The lowest BCUT2D eigenvalue weighted by atomic mass is 10.1. The Morgan fingerprint density at radius 1 is 0.889 bits per heavy atom. The zero-order valence-electron chi connectivity index (χ0n) is 20.2. The van der Waals surface area contributed by atoms with Gasteiger partial charge < -0.3 is 19.9 Å². The van der Waals surface area contributed by atoms with Gasteiger partial charge in [-0.15, -0.1) is 0 Å². The van der Waals surface area contributed by atoms with Crippen LogP contribution in [0.25, 0.3) is 12.2 Å². The number of hydrogen-bond donors (Lipinski definition) is 1. The lowest BCUT2D eigenvalue weighted by Gasteiger charge is -2.34. The van der Waals surface area contributed by atoms with Gasteiger partial charge in [0.2, 0.25) is 0 Å². The molecule has 0 bridgehead atoms. The van der Waals surface area contributed by atoms with Gasteiger partial charge in [0, 0.05) is 37.4 Å². The molecule has 1 saturated heterocycles. The zero-order valence-corrected chi connectivity index (χ0v) is 20.2. The van der Waals surface area contributed by atoms with Gasteiger partial charge in [-0.1, -0.05) is 36.4 Å². The smallest absolute Gasteiger partial charge is 0.416 e. The Morgan fingerprint density at radius 3 is 2.03 bits per heavy atom. The number of piperazine rings is 1. The molecule has 1 aliphatic rings. The predicted octanol–water partition coefficient (Wildman–Crippen LogP) is 5.89. The van der Waals surface area contributed by atoms with Crippen molar-refractivity contribution in [3.63, 3.8) is 0 Å². The third-order valence-electron chi connectivity index (χ3n) is 6.16. The Bertz CT molecular complexity index is 1210. The number of methoxy groups -OCH3 is 1. The number of carbonyl (C=O) groups excluding carboxylic acids is 1. The summed E-state index contributed by atoms with van der Waals surface area (Å²) in [4.78, 5) is 17.4. The van der Waals surface area contributed by atoms with Crippen molar-refractivity contribution in [3.8, 4) is 5.75 Å². The number of ether oxygens (including phenoxy) is 1. The van der Waals surface area contributed by atoms with Crippen LogP contribution in [0.5, 0.6) is 5.75 Å². The van der Waals surface area contributed by atoms with Crippen LogP contribution in [-0.4, -0.2) is 51.1 Å². The molecular formula is C28H28F3N3O2. The van der Waals surface area contributed by atoms with Gasteiger partial charge in [-0.3, -0.25) is 4.79 Å². The Balaban J connectivity index is 1.41. The van der Waals surface area contributed by atoms with Crippen molar-refractivity contribution in [1.29, 1.82) is 0 Å². The summed E-state index contributed by atoms with van der Waals surface area (Å²) in [7, 11) is 3.74. The number of nitrogens with one attached hydrogen (secondary N) is 1. The summed E-state index contributed by atoms with van der Waals surface area (Å²) in [6.07, 6.45) is -0.834. The molecule has 1 aliphatic heterocycles. The van der Waals surface area contributed by atoms with Gasteiger partial charge in [0.15, 0.2) is 0 Å². The molecule has 0 saturated carbocycles. The fourth-order valence-electron chi connectivity index (χ4n) is 3.99. The van der Waals surface area contributed by atoms with E-state index >= 15 is 0 Å². The monoisotopic (exact) mass is 495 g/mol. The van der Waals surface area contributed by atoms with Gasteiger partial charge in [0.25, 0.3) is 5.91 Å². The van der Waals surface area contributed by atoms with Crippen LogP contribution in [0.3, 0.4) is 0 Å². The molecule has 1 amide bonds. The minimum Gasteiger partial charge on any atom is -0.495 e. The Morgan fingerprint density at radius 2 is 1.47 bits per heavy atom. The molecule has 0 radical (unpaired) electrons. The van der Waals surface area contributed by atoms with E-state index in [1.807, 2.05) is 18.2 Å². The van der Waals surface area contributed by atoms with Crippen molar-refractivity contribution in [1.82, 2.24) is 4.90 Å². The predicted molar refractivity (Wildman–Crippen MR) is 137 cm³/mol. The standard InChI is InChI=1S/C28H28F3N3O2/c1-33-15-17-34(18-16-33)25-19-24(13-14-26(25)36-2)32-27(35)22-9-5-20(6-10-22)3-4-21-7-11-23(12-8-21)28(29,30)31/h3-14,19H,15-18H2,1-2H3,(H,32,35). The molecule has 0 spiro atoms. The lowest BCUT2D eigenvalue weighted by Crippen LogP contribution is -2.44. The average Bonchev–Trinajstić information content (AvgIpc) is 2.88. The second-order valence-corrected chi connectivity index (χ2v) is 8.71. The number of likely N-dealkylation sites (N-methyl/N-ethyl adjacent to an activating group) is 1. The summed E-state index contributed by atoms with van der Waals surface area (Å²) in [6.45, 7) is 3.68. The number of rotatable bonds is 6. The number of hydrogen-bond acceptors (Lipinski definition) is 4. The summed E-state index contributed by atoms with van der Waals surface area (Å²) >= 11 is 0. The molecule has 8 heteroatoms. The van der Waals surface area contributed by atoms with Crippen LogP contribution >= 0.6 is 0 Å². The molecule has 0 atom stereocenters. The summed E-state index contributed by atoms with van der Waals surface area (Å²) in [5.74, 6) is 0.532. The van der Waals surface area contributed by atoms with E-state index in [1.54, 1.807) is 43.5 Å². The zero-order chi connectivity index (χ0) is 25.7. The van der Waals surface area contributed by atoms with Crippen molar-refractivity contribution < 1.29 is 22.7 Å². The van der Waals surface area contributed by atoms with Crippen LogP contribution in [0.1, 0.15) is 27.0 Å². The number of benzene rings is 3. The summed E-state index contributed by atoms with van der Waals surface area (Å²) < 4.78 is 43.6. The fourth-order valence-corrected chi connectivity index (χ4v) is 3.99. The van der Waals surface area contributed by atoms with E-state index in [4.69, 9.17) is 4.74 Å². The molecule has 0 aliphatic carbocycles. The van der Waals surface area contributed by atoms with Crippen molar-refractivity contribution in [2.45, 2.75) is 6.18 Å². The minimum absolute atomic E-state index is 0.234. The van der Waals surface area contributed by atoms with Gasteiger partial charge in [0.1, 0.15) is 5.75 Å². The van der Waals surface area contributed by atoms with E-state index in [-0.39, 0.29) is 5.91 Å². The molecule has 4 rings (SSSR count). The van der Waals surface area contributed by atoms with Crippen molar-refractivity contribution in [2.24, 2.45) is 0 Å². The highest BCUT2D eigenvalue weighted by Gasteiger charge is 2.29. The molecular weight excluding hydrogens is 467 g/mol. The van der Waals surface area contributed by atoms with E-state index in [0.29, 0.717) is 16.8 Å². The van der Waals surface area contributed by atoms with Gasteiger partial charge in [-0.05, 0) is 60.6 Å². The van der Waals surface area contributed by atoms with E-state index in [1.165, 1.54) is 12.1 Å². The molecule has 3 aromatic rings. The number of alkyl halides is 3. The average molecular weight is 496 g/mol. The number of nitrogens with zero attached hydrogens (tertiary/aromatic N) is 2. The first kappa shape index (κ1) is 25.3. The second kappa shape index (κ2) is 10.9. The van der Waals surface area contributed by atoms with E-state index < -0.39 is 11.7 Å². The lowest BCUT2D eigenvalue weighted by molar-refractivity contribution is -0.137. The molecule has 0 aromatic heterocycles. The van der Waals surface area contributed by atoms with E-state index in [0.717, 1.165) is 55.3 Å². The number of carbonyl (C=O) groups is 1. The summed E-state index contributed by atoms with van der Waals surface area (Å²) in [5.41, 5.74) is 2.93. The maximum absolute atomic E-state index is 12.8.